The van der Waals surface area contributed by atoms with Gasteiger partial charge in [-0.15, -0.1) is 0 Å². The van der Waals surface area contributed by atoms with Crippen LogP contribution in [0.15, 0.2) is 18.6 Å². The number of hydrogen-bond donors (Lipinski definition) is 0. The van der Waals surface area contributed by atoms with Crippen LogP contribution in [0.3, 0.4) is 0 Å². The minimum atomic E-state index is 0.475. The molecule has 1 aromatic rings. The molecule has 0 amide bonds. The molecule has 3 heteroatoms. The van der Waals surface area contributed by atoms with E-state index in [4.69, 9.17) is 0 Å². The molecule has 0 bridgehead atoms. The highest BCUT2D eigenvalue weighted by molar-refractivity contribution is 9.09. The van der Waals surface area contributed by atoms with Gasteiger partial charge in [0.2, 0.25) is 0 Å². The van der Waals surface area contributed by atoms with Gasteiger partial charge in [0.15, 0.2) is 0 Å². The van der Waals surface area contributed by atoms with Crippen LogP contribution in [0, 0.1) is 0 Å². The molecular formula is C7H9BrN2. The molecule has 10 heavy (non-hydrogen) atoms. The summed E-state index contributed by atoms with van der Waals surface area (Å²) in [5, 5.41) is 0.948. The van der Waals surface area contributed by atoms with Gasteiger partial charge in [-0.05, 0) is 6.07 Å². The third kappa shape index (κ3) is 1.77. The van der Waals surface area contributed by atoms with Crippen molar-refractivity contribution >= 4 is 15.9 Å². The van der Waals surface area contributed by atoms with E-state index in [0.29, 0.717) is 5.92 Å². The summed E-state index contributed by atoms with van der Waals surface area (Å²) in [5.74, 6) is 0.475. The molecule has 0 aliphatic rings. The Morgan fingerprint density at radius 1 is 1.70 bits per heavy atom. The number of rotatable bonds is 2. The molecule has 1 rings (SSSR count). The number of halogens is 1. The fourth-order valence-corrected chi connectivity index (χ4v) is 1.00. The van der Waals surface area contributed by atoms with E-state index in [9.17, 15) is 0 Å². The molecule has 1 unspecified atom stereocenters. The molecular weight excluding hydrogens is 192 g/mol. The van der Waals surface area contributed by atoms with Crippen molar-refractivity contribution in [2.75, 3.05) is 5.33 Å². The van der Waals surface area contributed by atoms with Gasteiger partial charge >= 0.3 is 0 Å². The lowest BCUT2D eigenvalue weighted by Crippen LogP contribution is -1.97. The normalized spacial score (nSPS) is 13.0. The molecule has 54 valence electrons. The van der Waals surface area contributed by atoms with Crippen LogP contribution in [-0.2, 0) is 0 Å². The zero-order valence-electron chi connectivity index (χ0n) is 5.79. The zero-order chi connectivity index (χ0) is 7.40. The van der Waals surface area contributed by atoms with Crippen LogP contribution < -0.4 is 0 Å². The molecule has 1 heterocycles. The molecule has 0 aliphatic heterocycles. The summed E-state index contributed by atoms with van der Waals surface area (Å²) in [4.78, 5) is 7.94. The Hall–Kier alpha value is -0.440. The molecule has 0 radical (unpaired) electrons. The Morgan fingerprint density at radius 2 is 2.50 bits per heavy atom. The van der Waals surface area contributed by atoms with Gasteiger partial charge in [0.25, 0.3) is 0 Å². The van der Waals surface area contributed by atoms with Gasteiger partial charge in [0.1, 0.15) is 6.33 Å². The Balaban J connectivity index is 2.75. The van der Waals surface area contributed by atoms with Crippen LogP contribution in [0.25, 0.3) is 0 Å². The molecule has 0 aromatic carbocycles. The third-order valence-corrected chi connectivity index (χ3v) is 2.31. The third-order valence-electron chi connectivity index (χ3n) is 1.34. The lowest BCUT2D eigenvalue weighted by atomic mass is 10.1. The maximum Gasteiger partial charge on any atom is 0.115 e. The summed E-state index contributed by atoms with van der Waals surface area (Å²) < 4.78 is 0. The smallest absolute Gasteiger partial charge is 0.115 e. The van der Waals surface area contributed by atoms with Gasteiger partial charge < -0.3 is 0 Å². The minimum absolute atomic E-state index is 0.475. The lowest BCUT2D eigenvalue weighted by Gasteiger charge is -2.03. The van der Waals surface area contributed by atoms with E-state index < -0.39 is 0 Å². The first kappa shape index (κ1) is 7.66. The first-order valence-electron chi connectivity index (χ1n) is 3.16. The topological polar surface area (TPSA) is 25.8 Å². The standard InChI is InChI=1S/C7H9BrN2/c1-6(4-8)7-2-3-9-5-10-7/h2-3,5-6H,4H2,1H3. The first-order chi connectivity index (χ1) is 4.84. The Morgan fingerprint density at radius 3 is 3.00 bits per heavy atom. The SMILES string of the molecule is CC(CBr)c1ccncn1. The Kier molecular flexibility index (Phi) is 2.81. The summed E-state index contributed by atoms with van der Waals surface area (Å²) in [5.41, 5.74) is 1.09. The minimum Gasteiger partial charge on any atom is -0.245 e. The second-order valence-electron chi connectivity index (χ2n) is 2.19. The summed E-state index contributed by atoms with van der Waals surface area (Å²) in [6.45, 7) is 2.12. The summed E-state index contributed by atoms with van der Waals surface area (Å²) in [6, 6.07) is 1.94. The fourth-order valence-electron chi connectivity index (χ4n) is 0.671. The van der Waals surface area contributed by atoms with Crippen molar-refractivity contribution in [3.05, 3.63) is 24.3 Å². The van der Waals surface area contributed by atoms with Crippen molar-refractivity contribution in [3.8, 4) is 0 Å². The number of alkyl halides is 1. The van der Waals surface area contributed by atoms with Crippen LogP contribution >= 0.6 is 15.9 Å². The van der Waals surface area contributed by atoms with Gasteiger partial charge in [0, 0.05) is 23.1 Å². The van der Waals surface area contributed by atoms with Gasteiger partial charge in [-0.25, -0.2) is 9.97 Å². The maximum absolute atomic E-state index is 4.11. The van der Waals surface area contributed by atoms with E-state index in [1.165, 1.54) is 0 Å². The molecule has 0 saturated carbocycles. The van der Waals surface area contributed by atoms with Gasteiger partial charge in [-0.3, -0.25) is 0 Å². The lowest BCUT2D eigenvalue weighted by molar-refractivity contribution is 0.831. The number of nitrogens with zero attached hydrogens (tertiary/aromatic N) is 2. The van der Waals surface area contributed by atoms with E-state index in [2.05, 4.69) is 32.8 Å². The maximum atomic E-state index is 4.11. The first-order valence-corrected chi connectivity index (χ1v) is 4.28. The van der Waals surface area contributed by atoms with Crippen LogP contribution in [0.1, 0.15) is 18.5 Å². The summed E-state index contributed by atoms with van der Waals surface area (Å²) in [6.07, 6.45) is 3.34. The quantitative estimate of drug-likeness (QED) is 0.683. The number of aromatic nitrogens is 2. The van der Waals surface area contributed by atoms with Gasteiger partial charge in [0.05, 0.1) is 0 Å². The highest BCUT2D eigenvalue weighted by atomic mass is 79.9. The van der Waals surface area contributed by atoms with E-state index >= 15 is 0 Å². The molecule has 0 fully saturated rings. The molecule has 0 aliphatic carbocycles. The molecule has 2 nitrogen and oxygen atoms in total. The van der Waals surface area contributed by atoms with Crippen molar-refractivity contribution in [2.45, 2.75) is 12.8 Å². The zero-order valence-corrected chi connectivity index (χ0v) is 7.37. The highest BCUT2D eigenvalue weighted by Crippen LogP contribution is 2.12. The monoisotopic (exact) mass is 200 g/mol. The molecule has 0 N–H and O–H groups in total. The van der Waals surface area contributed by atoms with Crippen LogP contribution in [-0.4, -0.2) is 15.3 Å². The molecule has 0 spiro atoms. The average Bonchev–Trinajstić information content (AvgIpc) is 2.05. The van der Waals surface area contributed by atoms with Crippen molar-refractivity contribution in [1.82, 2.24) is 9.97 Å². The average molecular weight is 201 g/mol. The Labute approximate surface area is 68.8 Å². The number of hydrogen-bond acceptors (Lipinski definition) is 2. The molecule has 1 atom stereocenters. The second-order valence-corrected chi connectivity index (χ2v) is 2.84. The van der Waals surface area contributed by atoms with E-state index in [-0.39, 0.29) is 0 Å². The van der Waals surface area contributed by atoms with E-state index in [1.54, 1.807) is 12.5 Å². The van der Waals surface area contributed by atoms with Crippen molar-refractivity contribution in [2.24, 2.45) is 0 Å². The van der Waals surface area contributed by atoms with E-state index in [0.717, 1.165) is 11.0 Å². The second kappa shape index (κ2) is 3.66. The van der Waals surface area contributed by atoms with Crippen LogP contribution in [0.5, 0.6) is 0 Å². The van der Waals surface area contributed by atoms with Crippen molar-refractivity contribution in [3.63, 3.8) is 0 Å². The highest BCUT2D eigenvalue weighted by Gasteiger charge is 2.02. The predicted octanol–water partition coefficient (Wildman–Crippen LogP) is 1.97. The molecule has 1 aromatic heterocycles. The Bertz CT molecular complexity index is 188. The van der Waals surface area contributed by atoms with Crippen LogP contribution in [0.2, 0.25) is 0 Å². The van der Waals surface area contributed by atoms with Crippen molar-refractivity contribution in [1.29, 1.82) is 0 Å². The largest absolute Gasteiger partial charge is 0.245 e. The van der Waals surface area contributed by atoms with Crippen LogP contribution in [0.4, 0.5) is 0 Å². The van der Waals surface area contributed by atoms with E-state index in [1.807, 2.05) is 6.07 Å². The van der Waals surface area contributed by atoms with Gasteiger partial charge in [-0.2, -0.15) is 0 Å². The van der Waals surface area contributed by atoms with Gasteiger partial charge in [-0.1, -0.05) is 22.9 Å². The summed E-state index contributed by atoms with van der Waals surface area (Å²) in [7, 11) is 0. The molecule has 0 saturated heterocycles. The summed E-state index contributed by atoms with van der Waals surface area (Å²) >= 11 is 3.39. The fraction of sp³-hybridized carbons (Fsp3) is 0.429. The predicted molar refractivity (Wildman–Crippen MR) is 44.2 cm³/mol. The van der Waals surface area contributed by atoms with Crippen molar-refractivity contribution < 1.29 is 0 Å².